The Kier molecular flexibility index (Phi) is 15.5. The van der Waals surface area contributed by atoms with E-state index in [0.29, 0.717) is 53.4 Å². The van der Waals surface area contributed by atoms with Crippen molar-refractivity contribution in [2.45, 2.75) is 44.6 Å². The molecule has 0 aliphatic carbocycles. The first kappa shape index (κ1) is 49.2. The van der Waals surface area contributed by atoms with E-state index < -0.39 is 35.7 Å². The van der Waals surface area contributed by atoms with Gasteiger partial charge in [-0.25, -0.2) is 14.8 Å². The fraction of sp³-hybridized carbons (Fsp3) is 0.347. The minimum absolute atomic E-state index is 0.00549. The van der Waals surface area contributed by atoms with Crippen LogP contribution in [-0.4, -0.2) is 129 Å². The van der Waals surface area contributed by atoms with Gasteiger partial charge in [0, 0.05) is 80.6 Å². The zero-order valence-electron chi connectivity index (χ0n) is 38.8. The molecule has 5 aromatic rings. The number of amides is 7. The number of aromatic nitrogens is 2. The van der Waals surface area contributed by atoms with Crippen LogP contribution >= 0.6 is 23.2 Å². The molecule has 7 amide bonds. The van der Waals surface area contributed by atoms with Crippen molar-refractivity contribution in [1.29, 1.82) is 0 Å². The second-order valence-electron chi connectivity index (χ2n) is 16.9. The third-order valence-electron chi connectivity index (χ3n) is 12.4. The number of hydrogen-bond donors (Lipinski definition) is 4. The third-order valence-corrected chi connectivity index (χ3v) is 13.1. The van der Waals surface area contributed by atoms with Gasteiger partial charge in [0.25, 0.3) is 11.8 Å². The summed E-state index contributed by atoms with van der Waals surface area (Å²) in [6.45, 7) is 4.34. The van der Waals surface area contributed by atoms with Crippen LogP contribution in [0.15, 0.2) is 73.1 Å². The Morgan fingerprint density at radius 3 is 2.27 bits per heavy atom. The minimum Gasteiger partial charge on any atom is -0.495 e. The van der Waals surface area contributed by atoms with E-state index in [1.54, 1.807) is 37.4 Å². The first-order valence-corrected chi connectivity index (χ1v) is 23.6. The van der Waals surface area contributed by atoms with Gasteiger partial charge in [0.1, 0.15) is 51.3 Å². The molecule has 4 N–H and O–H groups in total. The molecule has 366 valence electrons. The molecule has 4 heterocycles. The van der Waals surface area contributed by atoms with E-state index in [2.05, 4.69) is 41.0 Å². The zero-order valence-corrected chi connectivity index (χ0v) is 40.3. The smallest absolute Gasteiger partial charge is 0.327 e. The van der Waals surface area contributed by atoms with Gasteiger partial charge in [0.2, 0.25) is 17.7 Å². The monoisotopic (exact) mass is 994 g/mol. The van der Waals surface area contributed by atoms with Crippen LogP contribution in [0.4, 0.5) is 33.5 Å². The topological polar surface area (TPSA) is 217 Å². The maximum Gasteiger partial charge on any atom is 0.327 e. The lowest BCUT2D eigenvalue weighted by molar-refractivity contribution is -0.136. The van der Waals surface area contributed by atoms with Crippen molar-refractivity contribution in [2.24, 2.45) is 0 Å². The van der Waals surface area contributed by atoms with Gasteiger partial charge in [-0.3, -0.25) is 44.0 Å². The molecule has 0 radical (unpaired) electrons. The number of carbonyl (C=O) groups is 6. The van der Waals surface area contributed by atoms with E-state index in [0.717, 1.165) is 68.1 Å². The summed E-state index contributed by atoms with van der Waals surface area (Å²) in [4.78, 5) is 92.8. The Bertz CT molecular complexity index is 2800. The molecule has 19 nitrogen and oxygen atoms in total. The summed E-state index contributed by atoms with van der Waals surface area (Å²) < 4.78 is 16.7. The molecule has 1 aromatic heterocycles. The lowest BCUT2D eigenvalue weighted by atomic mass is 9.91. The van der Waals surface area contributed by atoms with Crippen LogP contribution in [0.5, 0.6) is 17.2 Å². The van der Waals surface area contributed by atoms with Crippen LogP contribution in [0.1, 0.15) is 59.2 Å². The Balaban J connectivity index is 0.723. The summed E-state index contributed by atoms with van der Waals surface area (Å²) in [6, 6.07) is 18.1. The number of hydrogen-bond acceptors (Lipinski definition) is 14. The van der Waals surface area contributed by atoms with Crippen molar-refractivity contribution in [3.05, 3.63) is 94.2 Å². The SMILES string of the molecule is COc1cc(OC)c(Cl)c(NC(=O)N(C)c2cc(Nc3ccc(N4CCN(CC(=O)NCCCCCCOc5cc6c7c(cccc7c5)C(=O)N(C5CCC(=O)NC5=O)C6=O)CC4)cc3)ncn2)c1Cl. The van der Waals surface area contributed by atoms with Crippen LogP contribution in [0.3, 0.4) is 0 Å². The number of urea groups is 1. The molecule has 21 heteroatoms. The molecule has 8 rings (SSSR count). The lowest BCUT2D eigenvalue weighted by Crippen LogP contribution is -2.57. The molecule has 0 bridgehead atoms. The maximum absolute atomic E-state index is 13.7. The highest BCUT2D eigenvalue weighted by Crippen LogP contribution is 2.44. The van der Waals surface area contributed by atoms with Crippen molar-refractivity contribution >= 4 is 98.2 Å². The van der Waals surface area contributed by atoms with Crippen molar-refractivity contribution in [1.82, 2.24) is 30.4 Å². The molecule has 1 unspecified atom stereocenters. The predicted molar refractivity (Wildman–Crippen MR) is 265 cm³/mol. The number of anilines is 5. The first-order valence-electron chi connectivity index (χ1n) is 22.8. The molecule has 3 aliphatic rings. The highest BCUT2D eigenvalue weighted by Gasteiger charge is 2.43. The first-order chi connectivity index (χ1) is 33.8. The van der Waals surface area contributed by atoms with Crippen LogP contribution in [0, 0.1) is 0 Å². The number of carbonyl (C=O) groups excluding carboxylic acids is 6. The number of unbranched alkanes of at least 4 members (excludes halogenated alkanes) is 3. The van der Waals surface area contributed by atoms with Gasteiger partial charge in [0.15, 0.2) is 0 Å². The van der Waals surface area contributed by atoms with E-state index in [1.165, 1.54) is 31.5 Å². The Hall–Kier alpha value is -7.22. The van der Waals surface area contributed by atoms with Crippen LogP contribution in [-0.2, 0) is 14.4 Å². The number of nitrogens with one attached hydrogen (secondary N) is 4. The predicted octanol–water partition coefficient (Wildman–Crippen LogP) is 6.64. The van der Waals surface area contributed by atoms with Crippen LogP contribution in [0.25, 0.3) is 10.8 Å². The number of methoxy groups -OCH3 is 2. The number of imide groups is 2. The fourth-order valence-corrected chi connectivity index (χ4v) is 9.20. The molecule has 70 heavy (non-hydrogen) atoms. The van der Waals surface area contributed by atoms with Crippen molar-refractivity contribution in [3.63, 3.8) is 0 Å². The summed E-state index contributed by atoms with van der Waals surface area (Å²) in [7, 11) is 4.43. The molecule has 4 aromatic carbocycles. The molecule has 1 atom stereocenters. The highest BCUT2D eigenvalue weighted by molar-refractivity contribution is 6.41. The summed E-state index contributed by atoms with van der Waals surface area (Å²) in [5, 5.41) is 12.7. The average Bonchev–Trinajstić information content (AvgIpc) is 3.36. The summed E-state index contributed by atoms with van der Waals surface area (Å²) >= 11 is 12.9. The number of ether oxygens (including phenoxy) is 3. The molecule has 3 aliphatic heterocycles. The van der Waals surface area contributed by atoms with Crippen LogP contribution in [0.2, 0.25) is 10.0 Å². The van der Waals surface area contributed by atoms with Crippen molar-refractivity contribution in [3.8, 4) is 17.2 Å². The van der Waals surface area contributed by atoms with Gasteiger partial charge in [-0.1, -0.05) is 48.2 Å². The quantitative estimate of drug-likeness (QED) is 0.0535. The molecule has 0 spiro atoms. The van der Waals surface area contributed by atoms with E-state index >= 15 is 0 Å². The van der Waals surface area contributed by atoms with E-state index in [1.807, 2.05) is 30.3 Å². The number of rotatable bonds is 18. The third kappa shape index (κ3) is 11.0. The second kappa shape index (κ2) is 22.0. The highest BCUT2D eigenvalue weighted by atomic mass is 35.5. The number of benzene rings is 4. The molecule has 0 saturated carbocycles. The molecule has 2 saturated heterocycles. The number of piperidine rings is 1. The molecular formula is C49H52Cl2N10O9. The van der Waals surface area contributed by atoms with Gasteiger partial charge in [-0.05, 0) is 67.1 Å². The fourth-order valence-electron chi connectivity index (χ4n) is 8.61. The zero-order chi connectivity index (χ0) is 49.5. The Morgan fingerprint density at radius 1 is 0.843 bits per heavy atom. The minimum atomic E-state index is -1.06. The van der Waals surface area contributed by atoms with Gasteiger partial charge >= 0.3 is 6.03 Å². The largest absolute Gasteiger partial charge is 0.495 e. The average molecular weight is 996 g/mol. The summed E-state index contributed by atoms with van der Waals surface area (Å²) in [5.74, 6) is -0.405. The van der Waals surface area contributed by atoms with Gasteiger partial charge in [-0.15, -0.1) is 0 Å². The molecular weight excluding hydrogens is 944 g/mol. The molecule has 2 fully saturated rings. The van der Waals surface area contributed by atoms with E-state index in [9.17, 15) is 28.8 Å². The number of piperazine rings is 1. The Labute approximate surface area is 413 Å². The van der Waals surface area contributed by atoms with Crippen molar-refractivity contribution in [2.75, 3.05) is 87.6 Å². The summed E-state index contributed by atoms with van der Waals surface area (Å²) in [6.07, 6.45) is 4.83. The van der Waals surface area contributed by atoms with Gasteiger partial charge in [0.05, 0.1) is 38.6 Å². The maximum atomic E-state index is 13.7. The lowest BCUT2D eigenvalue weighted by Gasteiger charge is -2.35. The van der Waals surface area contributed by atoms with Crippen molar-refractivity contribution < 1.29 is 43.0 Å². The second-order valence-corrected chi connectivity index (χ2v) is 17.7. The standard InChI is InChI=1S/C49H52Cl2N10O9/c1-58(49(67)57-45-43(50)36(68-2)25-37(69-3)44(45)51)39-26-38(53-28-54-39)55-30-11-13-31(14-12-30)60-20-18-59(19-21-60)27-41(63)52-17-6-4-5-7-22-70-32-23-29-9-8-10-33-42(29)34(24-32)48(66)61(47(33)65)35-15-16-40(62)56-46(35)64/h8-14,23-26,28,35H,4-7,15-22,27H2,1-3H3,(H,52,63)(H,57,67)(H,53,54,55)(H,56,62,64). The normalized spacial score (nSPS) is 15.9. The van der Waals surface area contributed by atoms with E-state index in [4.69, 9.17) is 37.4 Å². The van der Waals surface area contributed by atoms with E-state index in [-0.39, 0.29) is 51.5 Å². The Morgan fingerprint density at radius 2 is 1.56 bits per heavy atom. The van der Waals surface area contributed by atoms with Gasteiger partial charge < -0.3 is 35.1 Å². The number of nitrogens with zero attached hydrogens (tertiary/aromatic N) is 6. The number of halogens is 2. The van der Waals surface area contributed by atoms with Gasteiger partial charge in [-0.2, -0.15) is 0 Å². The summed E-state index contributed by atoms with van der Waals surface area (Å²) in [5.41, 5.74) is 2.58. The van der Waals surface area contributed by atoms with Crippen LogP contribution < -0.4 is 45.3 Å².